The maximum Gasteiger partial charge on any atom is 0.228 e. The van der Waals surface area contributed by atoms with Gasteiger partial charge in [-0.15, -0.1) is 0 Å². The van der Waals surface area contributed by atoms with Crippen molar-refractivity contribution in [2.45, 2.75) is 19.8 Å². The maximum atomic E-state index is 12.7. The smallest absolute Gasteiger partial charge is 0.228 e. The summed E-state index contributed by atoms with van der Waals surface area (Å²) >= 11 is 0. The molecule has 25 heavy (non-hydrogen) atoms. The minimum atomic E-state index is -0.0946. The molecular formula is C20H22N2O3. The fourth-order valence-corrected chi connectivity index (χ4v) is 3.19. The Morgan fingerprint density at radius 1 is 1.16 bits per heavy atom. The Morgan fingerprint density at radius 3 is 2.72 bits per heavy atom. The molecule has 0 atom stereocenters. The van der Waals surface area contributed by atoms with Gasteiger partial charge in [0, 0.05) is 43.9 Å². The van der Waals surface area contributed by atoms with Gasteiger partial charge in [-0.1, -0.05) is 24.3 Å². The number of carbonyl (C=O) groups is 2. The van der Waals surface area contributed by atoms with E-state index < -0.39 is 0 Å². The minimum absolute atomic E-state index is 0.0408. The molecule has 0 saturated heterocycles. The number of fused-ring (bicyclic) bond motifs is 1. The highest BCUT2D eigenvalue weighted by atomic mass is 16.5. The van der Waals surface area contributed by atoms with Crippen LogP contribution in [0.2, 0.25) is 0 Å². The quantitative estimate of drug-likeness (QED) is 0.842. The van der Waals surface area contributed by atoms with Gasteiger partial charge in [-0.05, 0) is 30.2 Å². The van der Waals surface area contributed by atoms with Crippen molar-refractivity contribution in [2.75, 3.05) is 30.0 Å². The Kier molecular flexibility index (Phi) is 5.03. The van der Waals surface area contributed by atoms with Gasteiger partial charge in [-0.3, -0.25) is 9.59 Å². The first kappa shape index (κ1) is 17.0. The molecule has 0 fully saturated rings. The van der Waals surface area contributed by atoms with Crippen LogP contribution in [0.4, 0.5) is 11.4 Å². The summed E-state index contributed by atoms with van der Waals surface area (Å²) < 4.78 is 5.22. The summed E-state index contributed by atoms with van der Waals surface area (Å²) in [5.41, 5.74) is 2.93. The van der Waals surface area contributed by atoms with E-state index in [0.717, 1.165) is 17.8 Å². The first-order chi connectivity index (χ1) is 12.1. The van der Waals surface area contributed by atoms with E-state index in [2.05, 4.69) is 6.07 Å². The molecule has 2 aromatic carbocycles. The lowest BCUT2D eigenvalue weighted by Gasteiger charge is -2.23. The van der Waals surface area contributed by atoms with Gasteiger partial charge in [0.15, 0.2) is 0 Å². The molecular weight excluding hydrogens is 316 g/mol. The summed E-state index contributed by atoms with van der Waals surface area (Å²) in [6, 6.07) is 15.3. The molecule has 0 saturated carbocycles. The normalized spacial score (nSPS) is 12.6. The summed E-state index contributed by atoms with van der Waals surface area (Å²) in [6.07, 6.45) is 1.17. The van der Waals surface area contributed by atoms with Gasteiger partial charge in [0.1, 0.15) is 5.75 Å². The first-order valence-electron chi connectivity index (χ1n) is 8.40. The van der Waals surface area contributed by atoms with E-state index in [1.165, 1.54) is 12.5 Å². The van der Waals surface area contributed by atoms with Gasteiger partial charge in [-0.25, -0.2) is 0 Å². The second kappa shape index (κ2) is 7.38. The molecule has 0 radical (unpaired) electrons. The second-order valence-electron chi connectivity index (χ2n) is 6.05. The number of ether oxygens (including phenoxy) is 1. The number of rotatable bonds is 5. The molecule has 3 rings (SSSR count). The van der Waals surface area contributed by atoms with Crippen LogP contribution in [0, 0.1) is 0 Å². The molecule has 1 heterocycles. The summed E-state index contributed by atoms with van der Waals surface area (Å²) in [6.45, 7) is 2.56. The van der Waals surface area contributed by atoms with Crippen molar-refractivity contribution in [3.05, 3.63) is 54.1 Å². The number of nitrogens with zero attached hydrogens (tertiary/aromatic N) is 2. The SMILES string of the molecule is COc1cccc(N(CCC(=O)N2CCc3ccccc32)C(C)=O)c1. The molecule has 0 N–H and O–H groups in total. The van der Waals surface area contributed by atoms with Crippen molar-refractivity contribution in [2.24, 2.45) is 0 Å². The Balaban J connectivity index is 1.70. The van der Waals surface area contributed by atoms with Gasteiger partial charge >= 0.3 is 0 Å². The third-order valence-electron chi connectivity index (χ3n) is 4.48. The van der Waals surface area contributed by atoms with E-state index in [4.69, 9.17) is 4.74 Å². The van der Waals surface area contributed by atoms with Crippen LogP contribution in [0.25, 0.3) is 0 Å². The number of methoxy groups -OCH3 is 1. The molecule has 2 amide bonds. The number of hydrogen-bond donors (Lipinski definition) is 0. The third kappa shape index (κ3) is 3.65. The molecule has 1 aliphatic heterocycles. The molecule has 1 aliphatic rings. The lowest BCUT2D eigenvalue weighted by atomic mass is 10.2. The fourth-order valence-electron chi connectivity index (χ4n) is 3.19. The Morgan fingerprint density at radius 2 is 1.96 bits per heavy atom. The zero-order chi connectivity index (χ0) is 17.8. The Hall–Kier alpha value is -2.82. The van der Waals surface area contributed by atoms with Gasteiger partial charge < -0.3 is 14.5 Å². The van der Waals surface area contributed by atoms with Crippen molar-refractivity contribution in [3.63, 3.8) is 0 Å². The molecule has 0 spiro atoms. The standard InChI is InChI=1S/C20H22N2O3/c1-15(23)21(17-7-5-8-18(14-17)25-2)13-11-20(24)22-12-10-16-6-3-4-9-19(16)22/h3-9,14H,10-13H2,1-2H3. The zero-order valence-corrected chi connectivity index (χ0v) is 14.6. The van der Waals surface area contributed by atoms with E-state index >= 15 is 0 Å². The number of benzene rings is 2. The number of anilines is 2. The minimum Gasteiger partial charge on any atom is -0.497 e. The summed E-state index contributed by atoms with van der Waals surface area (Å²) in [5, 5.41) is 0. The predicted octanol–water partition coefficient (Wildman–Crippen LogP) is 3.03. The van der Waals surface area contributed by atoms with Gasteiger partial charge in [0.05, 0.1) is 7.11 Å². The topological polar surface area (TPSA) is 49.9 Å². The second-order valence-corrected chi connectivity index (χ2v) is 6.05. The van der Waals surface area contributed by atoms with Crippen molar-refractivity contribution in [3.8, 4) is 5.75 Å². The summed E-state index contributed by atoms with van der Waals surface area (Å²) in [7, 11) is 1.59. The molecule has 0 aliphatic carbocycles. The number of hydrogen-bond acceptors (Lipinski definition) is 3. The van der Waals surface area contributed by atoms with E-state index in [-0.39, 0.29) is 18.2 Å². The average molecular weight is 338 g/mol. The Bertz CT molecular complexity index is 788. The van der Waals surface area contributed by atoms with E-state index in [9.17, 15) is 9.59 Å². The summed E-state index contributed by atoms with van der Waals surface area (Å²) in [4.78, 5) is 28.1. The number of amides is 2. The molecule has 0 bridgehead atoms. The molecule has 5 nitrogen and oxygen atoms in total. The van der Waals surface area contributed by atoms with Crippen LogP contribution in [0.15, 0.2) is 48.5 Å². The van der Waals surface area contributed by atoms with Crippen molar-refractivity contribution in [1.29, 1.82) is 0 Å². The van der Waals surface area contributed by atoms with Crippen LogP contribution < -0.4 is 14.5 Å². The highest BCUT2D eigenvalue weighted by molar-refractivity contribution is 5.97. The molecule has 0 aromatic heterocycles. The van der Waals surface area contributed by atoms with E-state index in [1.807, 2.05) is 41.3 Å². The van der Waals surface area contributed by atoms with Crippen LogP contribution in [-0.4, -0.2) is 32.0 Å². The van der Waals surface area contributed by atoms with Crippen LogP contribution in [0.1, 0.15) is 18.9 Å². The predicted molar refractivity (Wildman–Crippen MR) is 98.1 cm³/mol. The number of para-hydroxylation sites is 1. The highest BCUT2D eigenvalue weighted by Crippen LogP contribution is 2.28. The first-order valence-corrected chi connectivity index (χ1v) is 8.40. The van der Waals surface area contributed by atoms with E-state index in [1.54, 1.807) is 18.1 Å². The molecule has 2 aromatic rings. The lowest BCUT2D eigenvalue weighted by Crippen LogP contribution is -2.35. The van der Waals surface area contributed by atoms with Crippen molar-refractivity contribution in [1.82, 2.24) is 0 Å². The Labute approximate surface area is 147 Å². The van der Waals surface area contributed by atoms with Crippen molar-refractivity contribution >= 4 is 23.2 Å². The monoisotopic (exact) mass is 338 g/mol. The maximum absolute atomic E-state index is 12.7. The van der Waals surface area contributed by atoms with E-state index in [0.29, 0.717) is 18.8 Å². The van der Waals surface area contributed by atoms with Gasteiger partial charge in [0.2, 0.25) is 11.8 Å². The summed E-state index contributed by atoms with van der Waals surface area (Å²) in [5.74, 6) is 0.630. The van der Waals surface area contributed by atoms with Crippen LogP contribution in [-0.2, 0) is 16.0 Å². The number of carbonyl (C=O) groups excluding carboxylic acids is 2. The van der Waals surface area contributed by atoms with Crippen molar-refractivity contribution < 1.29 is 14.3 Å². The lowest BCUT2D eigenvalue weighted by molar-refractivity contribution is -0.118. The third-order valence-corrected chi connectivity index (χ3v) is 4.48. The average Bonchev–Trinajstić information content (AvgIpc) is 3.06. The van der Waals surface area contributed by atoms with Crippen LogP contribution in [0.3, 0.4) is 0 Å². The van der Waals surface area contributed by atoms with Crippen LogP contribution in [0.5, 0.6) is 5.75 Å². The highest BCUT2D eigenvalue weighted by Gasteiger charge is 2.24. The molecule has 5 heteroatoms. The van der Waals surface area contributed by atoms with Crippen LogP contribution >= 0.6 is 0 Å². The van der Waals surface area contributed by atoms with Gasteiger partial charge in [0.25, 0.3) is 0 Å². The fraction of sp³-hybridized carbons (Fsp3) is 0.300. The molecule has 130 valence electrons. The largest absolute Gasteiger partial charge is 0.497 e. The molecule has 0 unspecified atom stereocenters. The van der Waals surface area contributed by atoms with Gasteiger partial charge in [-0.2, -0.15) is 0 Å². The zero-order valence-electron chi connectivity index (χ0n) is 14.6.